The minimum atomic E-state index is -0.635. The van der Waals surface area contributed by atoms with Gasteiger partial charge < -0.3 is 15.1 Å². The van der Waals surface area contributed by atoms with Gasteiger partial charge in [0.15, 0.2) is 12.1 Å². The van der Waals surface area contributed by atoms with Gasteiger partial charge in [-0.05, 0) is 36.6 Å². The van der Waals surface area contributed by atoms with Crippen molar-refractivity contribution in [3.8, 4) is 0 Å². The average Bonchev–Trinajstić information content (AvgIpc) is 3.35. The number of amides is 2. The van der Waals surface area contributed by atoms with Crippen molar-refractivity contribution >= 4 is 22.7 Å². The van der Waals surface area contributed by atoms with Gasteiger partial charge >= 0.3 is 0 Å². The molecule has 8 heteroatoms. The van der Waals surface area contributed by atoms with E-state index in [-0.39, 0.29) is 35.3 Å². The first-order chi connectivity index (χ1) is 13.0. The highest BCUT2D eigenvalue weighted by molar-refractivity contribution is 5.98. The number of rotatable bonds is 3. The molecule has 2 N–H and O–H groups in total. The molecule has 2 amide bonds. The number of oxazole rings is 1. The van der Waals surface area contributed by atoms with Gasteiger partial charge in [-0.25, -0.2) is 9.37 Å². The Morgan fingerprint density at radius 1 is 1.26 bits per heavy atom. The SMILES string of the molecule is NC(=O)c1ncoc1C1C2CC1N(C(=O)c1cnc3ccc(F)cc3c1)C2. The second kappa shape index (κ2) is 5.60. The molecule has 3 aliphatic rings. The van der Waals surface area contributed by atoms with E-state index in [1.807, 2.05) is 0 Å². The summed E-state index contributed by atoms with van der Waals surface area (Å²) < 4.78 is 18.9. The Kier molecular flexibility index (Phi) is 3.30. The van der Waals surface area contributed by atoms with Gasteiger partial charge in [0.25, 0.3) is 11.8 Å². The van der Waals surface area contributed by atoms with E-state index in [9.17, 15) is 14.0 Å². The van der Waals surface area contributed by atoms with Crippen molar-refractivity contribution in [2.45, 2.75) is 18.4 Å². The van der Waals surface area contributed by atoms with E-state index in [1.54, 1.807) is 17.0 Å². The Labute approximate surface area is 153 Å². The molecule has 7 nitrogen and oxygen atoms in total. The van der Waals surface area contributed by atoms with Gasteiger partial charge in [-0.15, -0.1) is 0 Å². The molecule has 2 aliphatic heterocycles. The number of hydrogen-bond acceptors (Lipinski definition) is 5. The summed E-state index contributed by atoms with van der Waals surface area (Å²) in [5, 5.41) is 0.579. The molecule has 3 aromatic rings. The summed E-state index contributed by atoms with van der Waals surface area (Å²) in [7, 11) is 0. The fourth-order valence-corrected chi connectivity index (χ4v) is 4.30. The summed E-state index contributed by atoms with van der Waals surface area (Å²) in [5.74, 6) is -0.590. The van der Waals surface area contributed by atoms with E-state index >= 15 is 0 Å². The van der Waals surface area contributed by atoms with E-state index < -0.39 is 5.91 Å². The molecule has 0 radical (unpaired) electrons. The van der Waals surface area contributed by atoms with Crippen molar-refractivity contribution in [2.75, 3.05) is 6.54 Å². The molecule has 4 heterocycles. The third-order valence-electron chi connectivity index (χ3n) is 5.58. The third-order valence-corrected chi connectivity index (χ3v) is 5.58. The smallest absolute Gasteiger partial charge is 0.270 e. The Bertz CT molecular complexity index is 1100. The van der Waals surface area contributed by atoms with Gasteiger partial charge in [0, 0.05) is 30.1 Å². The molecule has 3 fully saturated rings. The zero-order valence-corrected chi connectivity index (χ0v) is 14.1. The van der Waals surface area contributed by atoms with E-state index in [0.29, 0.717) is 28.8 Å². The van der Waals surface area contributed by atoms with Crippen molar-refractivity contribution in [3.05, 3.63) is 59.7 Å². The van der Waals surface area contributed by atoms with Gasteiger partial charge in [0.1, 0.15) is 11.6 Å². The highest BCUT2D eigenvalue weighted by Crippen LogP contribution is 2.53. The maximum absolute atomic E-state index is 13.5. The van der Waals surface area contributed by atoms with Crippen LogP contribution in [0.2, 0.25) is 0 Å². The van der Waals surface area contributed by atoms with Gasteiger partial charge in [-0.2, -0.15) is 0 Å². The molecule has 27 heavy (non-hydrogen) atoms. The Hall–Kier alpha value is -3.29. The predicted molar refractivity (Wildman–Crippen MR) is 92.4 cm³/mol. The molecule has 2 saturated heterocycles. The predicted octanol–water partition coefficient (Wildman–Crippen LogP) is 2.09. The molecular weight excluding hydrogens is 351 g/mol. The first kappa shape index (κ1) is 15.9. The number of nitrogens with two attached hydrogens (primary N) is 1. The van der Waals surface area contributed by atoms with Crippen LogP contribution in [0.3, 0.4) is 0 Å². The number of fused-ring (bicyclic) bond motifs is 2. The van der Waals surface area contributed by atoms with Crippen LogP contribution in [-0.2, 0) is 0 Å². The minimum absolute atomic E-state index is 0.0724. The summed E-state index contributed by atoms with van der Waals surface area (Å²) in [6.45, 7) is 0.564. The number of primary amides is 1. The van der Waals surface area contributed by atoms with Gasteiger partial charge in [0.05, 0.1) is 11.1 Å². The summed E-state index contributed by atoms with van der Waals surface area (Å²) >= 11 is 0. The number of carbonyl (C=O) groups is 2. The van der Waals surface area contributed by atoms with Crippen LogP contribution in [0.1, 0.15) is 38.9 Å². The van der Waals surface area contributed by atoms with Gasteiger partial charge in [-0.1, -0.05) is 0 Å². The number of benzene rings is 1. The second-order valence-electron chi connectivity index (χ2n) is 7.04. The Balaban J connectivity index is 1.44. The fourth-order valence-electron chi connectivity index (χ4n) is 4.30. The van der Waals surface area contributed by atoms with Gasteiger partial charge in [-0.3, -0.25) is 14.6 Å². The normalized spacial score (nSPS) is 23.4. The maximum Gasteiger partial charge on any atom is 0.270 e. The number of hydrogen-bond donors (Lipinski definition) is 1. The topological polar surface area (TPSA) is 102 Å². The van der Waals surface area contributed by atoms with Crippen LogP contribution in [0, 0.1) is 11.7 Å². The lowest BCUT2D eigenvalue weighted by atomic mass is 9.72. The summed E-state index contributed by atoms with van der Waals surface area (Å²) in [6.07, 6.45) is 3.56. The largest absolute Gasteiger partial charge is 0.447 e. The minimum Gasteiger partial charge on any atom is -0.447 e. The third kappa shape index (κ3) is 2.33. The maximum atomic E-state index is 13.5. The van der Waals surface area contributed by atoms with Crippen molar-refractivity contribution in [3.63, 3.8) is 0 Å². The van der Waals surface area contributed by atoms with Crippen molar-refractivity contribution < 1.29 is 18.4 Å². The van der Waals surface area contributed by atoms with Crippen LogP contribution < -0.4 is 5.73 Å². The standard InChI is InChI=1S/C19H15FN4O3/c20-12-1-2-13-9(4-12)3-10(6-22-13)19(26)24-7-11-5-14(24)15(11)17-16(18(21)25)23-8-27-17/h1-4,6,8,11,14-15H,5,7H2,(H2,21,25). The van der Waals surface area contributed by atoms with Crippen LogP contribution in [0.4, 0.5) is 4.39 Å². The lowest BCUT2D eigenvalue weighted by Gasteiger charge is -2.35. The number of halogens is 1. The van der Waals surface area contributed by atoms with E-state index in [4.69, 9.17) is 10.2 Å². The molecule has 1 aromatic carbocycles. The Morgan fingerprint density at radius 2 is 2.11 bits per heavy atom. The van der Waals surface area contributed by atoms with Crippen molar-refractivity contribution in [1.29, 1.82) is 0 Å². The molecule has 2 aromatic heterocycles. The fraction of sp³-hybridized carbons (Fsp3) is 0.263. The number of nitrogens with zero attached hydrogens (tertiary/aromatic N) is 3. The lowest BCUT2D eigenvalue weighted by Crippen LogP contribution is -2.40. The lowest BCUT2D eigenvalue weighted by molar-refractivity contribution is 0.0729. The van der Waals surface area contributed by atoms with Crippen LogP contribution in [-0.4, -0.2) is 39.3 Å². The molecule has 1 aliphatic carbocycles. The summed E-state index contributed by atoms with van der Waals surface area (Å²) in [4.78, 5) is 34.5. The molecule has 0 spiro atoms. The van der Waals surface area contributed by atoms with E-state index in [0.717, 1.165) is 6.42 Å². The quantitative estimate of drug-likeness (QED) is 0.765. The highest BCUT2D eigenvalue weighted by atomic mass is 19.1. The molecule has 1 saturated carbocycles. The zero-order valence-electron chi connectivity index (χ0n) is 14.1. The first-order valence-corrected chi connectivity index (χ1v) is 8.62. The summed E-state index contributed by atoms with van der Waals surface area (Å²) in [6, 6.07) is 5.86. The molecule has 2 bridgehead atoms. The molecule has 136 valence electrons. The zero-order chi connectivity index (χ0) is 18.7. The van der Waals surface area contributed by atoms with Crippen LogP contribution in [0.25, 0.3) is 10.9 Å². The molecular formula is C19H15FN4O3. The van der Waals surface area contributed by atoms with Crippen LogP contribution in [0.5, 0.6) is 0 Å². The molecule has 6 rings (SSSR count). The second-order valence-corrected chi connectivity index (χ2v) is 7.04. The Morgan fingerprint density at radius 3 is 2.93 bits per heavy atom. The summed E-state index contributed by atoms with van der Waals surface area (Å²) in [5.41, 5.74) is 6.53. The molecule has 3 atom stereocenters. The monoisotopic (exact) mass is 366 g/mol. The van der Waals surface area contributed by atoms with Crippen molar-refractivity contribution in [1.82, 2.24) is 14.9 Å². The van der Waals surface area contributed by atoms with Crippen molar-refractivity contribution in [2.24, 2.45) is 11.7 Å². The van der Waals surface area contributed by atoms with Crippen LogP contribution >= 0.6 is 0 Å². The average molecular weight is 366 g/mol. The first-order valence-electron chi connectivity index (χ1n) is 8.62. The number of carbonyl (C=O) groups excluding carboxylic acids is 2. The molecule has 3 unspecified atom stereocenters. The van der Waals surface area contributed by atoms with E-state index in [1.165, 1.54) is 24.7 Å². The number of aromatic nitrogens is 2. The number of pyridine rings is 1. The highest BCUT2D eigenvalue weighted by Gasteiger charge is 2.56. The van der Waals surface area contributed by atoms with Gasteiger partial charge in [0.2, 0.25) is 0 Å². The van der Waals surface area contributed by atoms with E-state index in [2.05, 4.69) is 9.97 Å². The van der Waals surface area contributed by atoms with Crippen LogP contribution in [0.15, 0.2) is 41.3 Å².